The number of nitrogens with zero attached hydrogens (tertiary/aromatic N) is 18. The Bertz CT molecular complexity index is 8420. The van der Waals surface area contributed by atoms with Crippen molar-refractivity contribution >= 4 is 66.2 Å². The van der Waals surface area contributed by atoms with Crippen molar-refractivity contribution in [3.05, 3.63) is 348 Å². The van der Waals surface area contributed by atoms with Crippen molar-refractivity contribution in [3.63, 3.8) is 0 Å². The van der Waals surface area contributed by atoms with Crippen molar-refractivity contribution in [3.8, 4) is 80.1 Å². The van der Waals surface area contributed by atoms with Gasteiger partial charge in [0.25, 0.3) is 0 Å². The minimum absolute atomic E-state index is 0. The van der Waals surface area contributed by atoms with E-state index in [1.165, 1.54) is 60.9 Å². The Morgan fingerprint density at radius 1 is 0.257 bits per heavy atom. The van der Waals surface area contributed by atoms with Gasteiger partial charge in [-0.3, -0.25) is 0 Å². The Kier molecular flexibility index (Phi) is 24.2. The zero-order chi connectivity index (χ0) is 94.8. The minimum Gasteiger partial charge on any atom is -0.506 e. The molecule has 0 radical (unpaired) electrons. The van der Waals surface area contributed by atoms with Crippen LogP contribution in [0.5, 0.6) is 46.0 Å². The summed E-state index contributed by atoms with van der Waals surface area (Å²) >= 11 is 0. The molecule has 26 aromatic rings. The largest absolute Gasteiger partial charge is 0.506 e. The molecule has 140 heavy (non-hydrogen) atoms. The van der Waals surface area contributed by atoms with Crippen LogP contribution in [0.3, 0.4) is 0 Å². The van der Waals surface area contributed by atoms with Crippen molar-refractivity contribution in [1.29, 1.82) is 0 Å². The van der Waals surface area contributed by atoms with Crippen molar-refractivity contribution in [2.24, 2.45) is 0 Å². The van der Waals surface area contributed by atoms with Gasteiger partial charge in [-0.1, -0.05) is 291 Å². The predicted octanol–water partition coefficient (Wildman–Crippen LogP) is 26.1. The highest BCUT2D eigenvalue weighted by atomic mass is 16.5. The molecule has 724 valence electrons. The number of unbranched alkanes of at least 4 members (excludes halogenated alkanes) is 1. The van der Waals surface area contributed by atoms with Crippen LogP contribution in [0, 0.1) is 6.92 Å². The van der Waals surface area contributed by atoms with E-state index in [1.54, 1.807) is 43.5 Å². The van der Waals surface area contributed by atoms with Gasteiger partial charge in [0, 0.05) is 34.1 Å². The van der Waals surface area contributed by atoms with Crippen LogP contribution in [-0.2, 0) is 27.1 Å². The second kappa shape index (κ2) is 35.5. The summed E-state index contributed by atoms with van der Waals surface area (Å²) in [5.74, 6) is 3.31. The van der Waals surface area contributed by atoms with Crippen LogP contribution in [0.25, 0.3) is 100 Å². The molecule has 0 aliphatic carbocycles. The number of benzene rings is 14. The zero-order valence-corrected chi connectivity index (χ0v) is 79.5. The van der Waals surface area contributed by atoms with E-state index in [9.17, 15) is 30.6 Å². The van der Waals surface area contributed by atoms with Gasteiger partial charge < -0.3 is 40.1 Å². The fourth-order valence-electron chi connectivity index (χ4n) is 18.5. The first-order valence-electron chi connectivity index (χ1n) is 46.7. The Morgan fingerprint density at radius 2 is 0.536 bits per heavy atom. The molecule has 26 nitrogen and oxygen atoms in total. The molecule has 0 saturated heterocycles. The van der Waals surface area contributed by atoms with Gasteiger partial charge in [0.1, 0.15) is 146 Å². The highest BCUT2D eigenvalue weighted by Gasteiger charge is 2.39. The third-order valence-corrected chi connectivity index (χ3v) is 27.9. The molecule has 0 aliphatic heterocycles. The number of methoxy groups -OCH3 is 1. The molecule has 26 heteroatoms. The topological polar surface area (TPSA) is 222 Å². The molecule has 14 aromatic carbocycles. The summed E-state index contributed by atoms with van der Waals surface area (Å²) in [6.07, 6.45) is 4.16. The number of aromatic hydroxyl groups is 6. The first-order chi connectivity index (χ1) is 65.4. The van der Waals surface area contributed by atoms with Gasteiger partial charge in [-0.05, 0) is 209 Å². The molecule has 0 saturated carbocycles. The summed E-state index contributed by atoms with van der Waals surface area (Å²) < 4.78 is 35.5. The molecule has 0 unspecified atom stereocenters. The van der Waals surface area contributed by atoms with E-state index >= 15 is 0 Å². The van der Waals surface area contributed by atoms with Crippen molar-refractivity contribution in [1.82, 2.24) is 84.3 Å². The van der Waals surface area contributed by atoms with Gasteiger partial charge in [-0.15, -0.1) is 84.3 Å². The molecule has 12 heterocycles. The standard InChI is InChI=1S/C30H29N3O.C22H29N3O.C16H17N3O2.C16H17N3O.C13H11N3O2.C13H11N3O.4CH4/c1-29(2,21-13-7-5-8-14-21)23-19-24(30(3,4)22-15-9-6-10-16-22)28(34)27(20-23)33-31-25-17-11-12-18-26(25)32(31)33;1-7-21(3,4)15-13-16(22(5,6)8-2)20(26)19(14-15)25-23-17-11-9-10-12-18(17)24(23)25;1-2-3-10-21-12-8-9-16(20)15(11-12)19-17-13-6-4-5-7-14(13)18(17)19;1-16(2,3)11-8-9-15(20)14(10-11)19-17-12-6-4-5-7-13(12)18(17)19;1-18-9-6-7-13(17)12(8-9)16-14-10-4-2-3-5-11(10)15(14)16;1-9-6-7-13(17)12(8-9)16-14-10-4-2-3-5-11(10)15(14)16;;;;/h5-20,34H,1-4H3;9-14,26H,7-8H2,1-6H3;4-9,11,20H,2-3,10H2,1H3;4-10,20H,1-3H3;2-8,17H,1H3;2-8,17H,1H3;4*1H4. The Morgan fingerprint density at radius 3 is 0.879 bits per heavy atom. The number of hydrogen-bond donors (Lipinski definition) is 6. The maximum absolute atomic E-state index is 11.7. The summed E-state index contributed by atoms with van der Waals surface area (Å²) in [6, 6.07) is 101. The fourth-order valence-corrected chi connectivity index (χ4v) is 18.5. The maximum Gasteiger partial charge on any atom is 0.147 e. The van der Waals surface area contributed by atoms with Crippen LogP contribution >= 0.6 is 0 Å². The number of hydrogen-bond acceptors (Lipinski definition) is 8. The molecule has 0 spiro atoms. The highest BCUT2D eigenvalue weighted by Crippen LogP contribution is 2.48. The molecule has 0 atom stereocenters. The minimum atomic E-state index is -0.380. The maximum atomic E-state index is 11.7. The number of fused-ring (bicyclic) bond motifs is 24. The quantitative estimate of drug-likeness (QED) is 0.0426. The number of rotatable bonds is 19. The lowest BCUT2D eigenvalue weighted by molar-refractivity contribution is 0.308. The van der Waals surface area contributed by atoms with E-state index in [0.717, 1.165) is 115 Å². The van der Waals surface area contributed by atoms with E-state index in [2.05, 4.69) is 292 Å². The monoisotopic (exact) mass is 1880 g/mol. The summed E-state index contributed by atoms with van der Waals surface area (Å²) in [5, 5.41) is 63.0. The van der Waals surface area contributed by atoms with Crippen LogP contribution in [0.1, 0.15) is 197 Å². The van der Waals surface area contributed by atoms with Crippen molar-refractivity contribution in [2.75, 3.05) is 13.7 Å². The predicted molar refractivity (Wildman–Crippen MR) is 564 cm³/mol. The number of para-hydroxylation sites is 12. The van der Waals surface area contributed by atoms with Gasteiger partial charge in [0.15, 0.2) is 0 Å². The van der Waals surface area contributed by atoms with Crippen molar-refractivity contribution < 1.29 is 40.1 Å². The van der Waals surface area contributed by atoms with E-state index in [4.69, 9.17) is 9.47 Å². The molecular formula is C114H130N18O8. The normalized spacial score (nSPS) is 12.2. The number of phenolic OH excluding ortho intramolecular Hbond substituents is 6. The Labute approximate surface area is 813 Å². The van der Waals surface area contributed by atoms with Crippen LogP contribution in [0.2, 0.25) is 0 Å². The third kappa shape index (κ3) is 15.7. The van der Waals surface area contributed by atoms with E-state index in [0.29, 0.717) is 35.3 Å². The number of aryl methyl sites for hydroxylation is 1. The van der Waals surface area contributed by atoms with Gasteiger partial charge in [0.05, 0.1) is 13.7 Å². The average Bonchev–Trinajstić information content (AvgIpc) is 1.50. The van der Waals surface area contributed by atoms with E-state index in [1.807, 2.05) is 163 Å². The lowest BCUT2D eigenvalue weighted by Crippen LogP contribution is -2.24. The van der Waals surface area contributed by atoms with Crippen LogP contribution in [0.4, 0.5) is 0 Å². The first-order valence-corrected chi connectivity index (χ1v) is 46.7. The smallest absolute Gasteiger partial charge is 0.147 e. The molecule has 0 aliphatic rings. The number of aromatic nitrogens is 18. The van der Waals surface area contributed by atoms with Gasteiger partial charge >= 0.3 is 0 Å². The Balaban J connectivity index is 0.000000117. The first kappa shape index (κ1) is 95.6. The summed E-state index contributed by atoms with van der Waals surface area (Å²) in [5.41, 5.74) is 27.3. The van der Waals surface area contributed by atoms with Gasteiger partial charge in [0.2, 0.25) is 0 Å². The summed E-state index contributed by atoms with van der Waals surface area (Å²) in [6.45, 7) is 33.6. The van der Waals surface area contributed by atoms with Crippen LogP contribution < -0.4 is 9.47 Å². The lowest BCUT2D eigenvalue weighted by atomic mass is 9.72. The van der Waals surface area contributed by atoms with Crippen LogP contribution in [-0.4, -0.2) is 129 Å². The highest BCUT2D eigenvalue weighted by molar-refractivity contribution is 5.84. The van der Waals surface area contributed by atoms with Crippen molar-refractivity contribution in [2.45, 2.75) is 186 Å². The molecule has 12 aromatic heterocycles. The molecular weight excluding hydrogens is 1750 g/mol. The van der Waals surface area contributed by atoms with E-state index < -0.39 is 0 Å². The lowest BCUT2D eigenvalue weighted by Gasteiger charge is -2.32. The molecule has 0 amide bonds. The zero-order valence-electron chi connectivity index (χ0n) is 79.5. The summed E-state index contributed by atoms with van der Waals surface area (Å²) in [4.78, 5) is 11.9. The van der Waals surface area contributed by atoms with Gasteiger partial charge in [-0.2, -0.15) is 0 Å². The number of phenols is 6. The molecule has 0 fully saturated rings. The molecule has 0 bridgehead atoms. The average molecular weight is 1880 g/mol. The second-order valence-electron chi connectivity index (χ2n) is 39.0. The summed E-state index contributed by atoms with van der Waals surface area (Å²) in [7, 11) is 1.61. The SMILES string of the molecule is C.C.C.C.CC(C)(C)c1ccc(O)c(-n2n3c4ccccc4n23)c1.CC(C)(c1ccccc1)c1cc(-n2n3c4ccccc4n23)c(O)c(C(C)(C)c2ccccc2)c1.CCC(C)(C)c1cc(-n2n3c4ccccc4n23)c(O)c(C(C)(C)CC)c1.CCCCOc1ccc(O)c(-n2n3c4ccccc4n23)c1.COc1ccc(O)c(-n2n3c4ccccc4n23)c1.Cc1ccc(O)c(-n2n3c4ccccc4n23)c1. The molecule has 6 N–H and O–H groups in total. The second-order valence-corrected chi connectivity index (χ2v) is 39.0. The van der Waals surface area contributed by atoms with E-state index in [-0.39, 0.29) is 68.3 Å². The fraction of sp³-hybridized carbons (Fsp3) is 0.263. The van der Waals surface area contributed by atoms with Gasteiger partial charge in [-0.25, -0.2) is 0 Å². The Hall–Kier alpha value is -16.1. The molecule has 26 rings (SSSR count). The third-order valence-electron chi connectivity index (χ3n) is 27.9. The van der Waals surface area contributed by atoms with Crippen LogP contribution in [0.15, 0.2) is 303 Å². The number of ether oxygens (including phenoxy) is 2.